The molecule has 8 nitrogen and oxygen atoms in total. The molecule has 0 saturated carbocycles. The van der Waals surface area contributed by atoms with Gasteiger partial charge >= 0.3 is 6.36 Å². The number of carbonyl (C=O) groups is 1. The van der Waals surface area contributed by atoms with Crippen molar-refractivity contribution >= 4 is 27.5 Å². The van der Waals surface area contributed by atoms with Crippen LogP contribution in [0.2, 0.25) is 5.02 Å². The molecule has 0 aliphatic heterocycles. The summed E-state index contributed by atoms with van der Waals surface area (Å²) in [7, 11) is -4.79. The van der Waals surface area contributed by atoms with Gasteiger partial charge < -0.3 is 4.74 Å². The average molecular weight is 479 g/mol. The van der Waals surface area contributed by atoms with E-state index in [4.69, 9.17) is 11.6 Å². The second kappa shape index (κ2) is 8.15. The van der Waals surface area contributed by atoms with E-state index < -0.39 is 44.4 Å². The van der Waals surface area contributed by atoms with Crippen molar-refractivity contribution in [3.05, 3.63) is 64.7 Å². The number of hydrogen-bond donors (Lipinski definition) is 1. The van der Waals surface area contributed by atoms with E-state index in [1.54, 1.807) is 4.72 Å². The molecule has 14 heteroatoms. The predicted octanol–water partition coefficient (Wildman–Crippen LogP) is 3.39. The first-order chi connectivity index (χ1) is 14.4. The lowest BCUT2D eigenvalue weighted by Crippen LogP contribution is -2.32. The van der Waals surface area contributed by atoms with Gasteiger partial charge in [0.05, 0.1) is 5.69 Å². The van der Waals surface area contributed by atoms with Crippen molar-refractivity contribution in [3.63, 3.8) is 0 Å². The number of para-hydroxylation sites is 1. The second-order valence-corrected chi connectivity index (χ2v) is 8.05. The van der Waals surface area contributed by atoms with Gasteiger partial charge in [-0.05, 0) is 37.3 Å². The molecule has 0 fully saturated rings. The van der Waals surface area contributed by atoms with Crippen molar-refractivity contribution in [2.24, 2.45) is 0 Å². The normalized spacial score (nSPS) is 11.9. The number of rotatable bonds is 5. The van der Waals surface area contributed by atoms with Gasteiger partial charge in [-0.1, -0.05) is 28.9 Å². The summed E-state index contributed by atoms with van der Waals surface area (Å²) in [5, 5.41) is 7.28. The first kappa shape index (κ1) is 22.5. The van der Waals surface area contributed by atoms with Crippen molar-refractivity contribution in [1.29, 1.82) is 0 Å². The van der Waals surface area contributed by atoms with Gasteiger partial charge in [-0.25, -0.2) is 22.2 Å². The molecular weight excluding hydrogens is 468 g/mol. The van der Waals surface area contributed by atoms with Crippen molar-refractivity contribution in [2.45, 2.75) is 18.2 Å². The van der Waals surface area contributed by atoms with E-state index in [1.165, 1.54) is 19.1 Å². The fourth-order valence-corrected chi connectivity index (χ4v) is 3.77. The second-order valence-electron chi connectivity index (χ2n) is 5.96. The van der Waals surface area contributed by atoms with Crippen LogP contribution in [-0.2, 0) is 10.0 Å². The zero-order valence-corrected chi connectivity index (χ0v) is 16.9. The highest BCUT2D eigenvalue weighted by Crippen LogP contribution is 2.29. The molecule has 1 amide bonds. The zero-order chi connectivity index (χ0) is 23.0. The summed E-state index contributed by atoms with van der Waals surface area (Å²) in [5.74, 6) is -3.10. The lowest BCUT2D eigenvalue weighted by molar-refractivity contribution is -0.275. The van der Waals surface area contributed by atoms with E-state index >= 15 is 0 Å². The molecule has 0 bridgehead atoms. The summed E-state index contributed by atoms with van der Waals surface area (Å²) in [5.41, 5.74) is -0.638. The van der Waals surface area contributed by atoms with Crippen LogP contribution in [0.15, 0.2) is 47.4 Å². The highest BCUT2D eigenvalue weighted by molar-refractivity contribution is 7.90. The van der Waals surface area contributed by atoms with Crippen LogP contribution in [0.3, 0.4) is 0 Å². The maximum absolute atomic E-state index is 14.1. The quantitative estimate of drug-likeness (QED) is 0.564. The third kappa shape index (κ3) is 4.94. The molecular formula is C17H11ClF4N4O4S. The molecule has 3 aromatic rings. The number of sulfonamides is 1. The van der Waals surface area contributed by atoms with Gasteiger partial charge in [0.2, 0.25) is 0 Å². The Balaban J connectivity index is 1.92. The summed E-state index contributed by atoms with van der Waals surface area (Å²) < 4.78 is 83.0. The number of halogens is 5. The van der Waals surface area contributed by atoms with E-state index in [0.29, 0.717) is 0 Å². The maximum Gasteiger partial charge on any atom is 0.573 e. The van der Waals surface area contributed by atoms with Gasteiger partial charge in [0.1, 0.15) is 22.1 Å². The SMILES string of the molecule is Cc1c(C(=O)NS(=O)(=O)c2ccccc2OC(F)(F)F)nnn1-c1ccc(Cl)cc1F. The van der Waals surface area contributed by atoms with Gasteiger partial charge in [0, 0.05) is 5.02 Å². The molecule has 164 valence electrons. The van der Waals surface area contributed by atoms with Gasteiger partial charge in [-0.2, -0.15) is 0 Å². The summed E-state index contributed by atoms with van der Waals surface area (Å²) >= 11 is 5.69. The molecule has 0 radical (unpaired) electrons. The summed E-state index contributed by atoms with van der Waals surface area (Å²) in [4.78, 5) is 11.5. The molecule has 31 heavy (non-hydrogen) atoms. The fraction of sp³-hybridized carbons (Fsp3) is 0.118. The Morgan fingerprint density at radius 2 is 1.87 bits per heavy atom. The molecule has 0 atom stereocenters. The van der Waals surface area contributed by atoms with Crippen LogP contribution in [0, 0.1) is 12.7 Å². The first-order valence-corrected chi connectivity index (χ1v) is 10.0. The molecule has 2 aromatic carbocycles. The van der Waals surface area contributed by atoms with Crippen LogP contribution in [0.5, 0.6) is 5.75 Å². The molecule has 0 aliphatic rings. The molecule has 1 N–H and O–H groups in total. The number of amides is 1. The van der Waals surface area contributed by atoms with Crippen LogP contribution in [0.4, 0.5) is 17.6 Å². The number of aromatic nitrogens is 3. The standard InChI is InChI=1S/C17H11ClF4N4O4S/c1-9-15(23-25-26(9)12-7-6-10(18)8-11(12)19)16(27)24-31(28,29)14-5-3-2-4-13(14)30-17(20,21)22/h2-8H,1H3,(H,24,27). The number of ether oxygens (including phenoxy) is 1. The van der Waals surface area contributed by atoms with Crippen LogP contribution in [-0.4, -0.2) is 35.7 Å². The number of hydrogen-bond acceptors (Lipinski definition) is 6. The van der Waals surface area contributed by atoms with Crippen molar-refractivity contribution < 1.29 is 35.5 Å². The molecule has 0 saturated heterocycles. The Morgan fingerprint density at radius 1 is 1.19 bits per heavy atom. The van der Waals surface area contributed by atoms with Crippen molar-refractivity contribution in [1.82, 2.24) is 19.7 Å². The van der Waals surface area contributed by atoms with Crippen molar-refractivity contribution in [2.75, 3.05) is 0 Å². The lowest BCUT2D eigenvalue weighted by Gasteiger charge is -2.13. The predicted molar refractivity (Wildman–Crippen MR) is 98.8 cm³/mol. The maximum atomic E-state index is 14.1. The third-order valence-electron chi connectivity index (χ3n) is 3.84. The Kier molecular flexibility index (Phi) is 5.91. The van der Waals surface area contributed by atoms with Gasteiger partial charge in [0.15, 0.2) is 5.69 Å². The van der Waals surface area contributed by atoms with E-state index in [1.807, 2.05) is 0 Å². The minimum absolute atomic E-state index is 0.0336. The molecule has 1 aromatic heterocycles. The van der Waals surface area contributed by atoms with E-state index in [2.05, 4.69) is 15.0 Å². The van der Waals surface area contributed by atoms with Crippen molar-refractivity contribution in [3.8, 4) is 11.4 Å². The first-order valence-electron chi connectivity index (χ1n) is 8.19. The monoisotopic (exact) mass is 478 g/mol. The molecule has 1 heterocycles. The topological polar surface area (TPSA) is 103 Å². The average Bonchev–Trinajstić information content (AvgIpc) is 3.02. The minimum Gasteiger partial charge on any atom is -0.404 e. The zero-order valence-electron chi connectivity index (χ0n) is 15.3. The van der Waals surface area contributed by atoms with Crippen LogP contribution >= 0.6 is 11.6 Å². The Labute approximate surface area is 177 Å². The summed E-state index contributed by atoms with van der Waals surface area (Å²) in [6.07, 6.45) is -5.16. The van der Waals surface area contributed by atoms with E-state index in [-0.39, 0.29) is 16.4 Å². The number of benzene rings is 2. The lowest BCUT2D eigenvalue weighted by atomic mass is 10.2. The van der Waals surface area contributed by atoms with Gasteiger partial charge in [-0.3, -0.25) is 4.79 Å². The Bertz CT molecular complexity index is 1260. The van der Waals surface area contributed by atoms with E-state index in [9.17, 15) is 30.8 Å². The van der Waals surface area contributed by atoms with Crippen LogP contribution < -0.4 is 9.46 Å². The highest BCUT2D eigenvalue weighted by Gasteiger charge is 2.34. The number of carbonyl (C=O) groups excluding carboxylic acids is 1. The smallest absolute Gasteiger partial charge is 0.404 e. The molecule has 0 spiro atoms. The minimum atomic E-state index is -5.16. The van der Waals surface area contributed by atoms with Crippen LogP contribution in [0.1, 0.15) is 16.2 Å². The van der Waals surface area contributed by atoms with Crippen LogP contribution in [0.25, 0.3) is 5.69 Å². The Morgan fingerprint density at radius 3 is 2.52 bits per heavy atom. The Hall–Kier alpha value is -3.19. The van der Waals surface area contributed by atoms with Gasteiger partial charge in [0.25, 0.3) is 15.9 Å². The molecule has 0 aliphatic carbocycles. The molecule has 3 rings (SSSR count). The summed E-state index contributed by atoms with van der Waals surface area (Å²) in [6, 6.07) is 7.50. The summed E-state index contributed by atoms with van der Waals surface area (Å²) in [6.45, 7) is 1.32. The largest absolute Gasteiger partial charge is 0.573 e. The van der Waals surface area contributed by atoms with Gasteiger partial charge in [-0.15, -0.1) is 18.3 Å². The third-order valence-corrected chi connectivity index (χ3v) is 5.44. The highest BCUT2D eigenvalue weighted by atomic mass is 35.5. The number of nitrogens with one attached hydrogen (secondary N) is 1. The fourth-order valence-electron chi connectivity index (χ4n) is 2.53. The molecule has 0 unspecified atom stereocenters. The van der Waals surface area contributed by atoms with E-state index in [0.717, 1.165) is 35.0 Å². The number of alkyl halides is 3. The number of nitrogens with zero attached hydrogens (tertiary/aromatic N) is 3.